The Morgan fingerprint density at radius 3 is 2.29 bits per heavy atom. The maximum absolute atomic E-state index is 6.21. The normalized spacial score (nSPS) is 28.6. The van der Waals surface area contributed by atoms with Crippen LogP contribution in [-0.4, -0.2) is 31.1 Å². The van der Waals surface area contributed by atoms with Crippen molar-refractivity contribution in [2.75, 3.05) is 26.2 Å². The Morgan fingerprint density at radius 2 is 1.71 bits per heavy atom. The van der Waals surface area contributed by atoms with Gasteiger partial charge in [-0.05, 0) is 37.1 Å². The van der Waals surface area contributed by atoms with Crippen LogP contribution in [0.25, 0.3) is 0 Å². The van der Waals surface area contributed by atoms with Gasteiger partial charge in [-0.2, -0.15) is 0 Å². The van der Waals surface area contributed by atoms with Crippen LogP contribution in [0.3, 0.4) is 0 Å². The number of rotatable bonds is 2. The van der Waals surface area contributed by atoms with E-state index in [0.29, 0.717) is 0 Å². The van der Waals surface area contributed by atoms with Crippen molar-refractivity contribution in [3.05, 3.63) is 33.8 Å². The summed E-state index contributed by atoms with van der Waals surface area (Å²) in [6.45, 7) is 5.54. The second-order valence-electron chi connectivity index (χ2n) is 5.07. The van der Waals surface area contributed by atoms with Gasteiger partial charge in [-0.1, -0.05) is 29.3 Å². The molecule has 2 atom stereocenters. The fraction of sp³-hybridized carbons (Fsp3) is 0.538. The zero-order valence-corrected chi connectivity index (χ0v) is 11.1. The molecule has 17 heavy (non-hydrogen) atoms. The molecule has 0 saturated carbocycles. The van der Waals surface area contributed by atoms with Crippen molar-refractivity contribution in [3.63, 3.8) is 0 Å². The van der Waals surface area contributed by atoms with Crippen molar-refractivity contribution >= 4 is 23.2 Å². The first-order valence-corrected chi connectivity index (χ1v) is 6.85. The summed E-state index contributed by atoms with van der Waals surface area (Å²) in [6.07, 6.45) is 0. The average Bonchev–Trinajstić information content (AvgIpc) is 2.83. The van der Waals surface area contributed by atoms with Crippen LogP contribution in [0.1, 0.15) is 5.56 Å². The number of hydrogen-bond acceptors (Lipinski definition) is 2. The number of nitrogens with one attached hydrogen (secondary N) is 1. The van der Waals surface area contributed by atoms with Crippen molar-refractivity contribution in [3.8, 4) is 0 Å². The van der Waals surface area contributed by atoms with Gasteiger partial charge in [0.15, 0.2) is 0 Å². The summed E-state index contributed by atoms with van der Waals surface area (Å²) in [5.41, 5.74) is 1.07. The van der Waals surface area contributed by atoms with Gasteiger partial charge < -0.3 is 5.32 Å². The first kappa shape index (κ1) is 11.8. The molecule has 2 aliphatic heterocycles. The largest absolute Gasteiger partial charge is 0.316 e. The van der Waals surface area contributed by atoms with Crippen LogP contribution in [0, 0.1) is 11.8 Å². The quantitative estimate of drug-likeness (QED) is 0.889. The summed E-state index contributed by atoms with van der Waals surface area (Å²) in [5.74, 6) is 1.63. The second kappa shape index (κ2) is 4.77. The minimum Gasteiger partial charge on any atom is -0.316 e. The highest BCUT2D eigenvalue weighted by Crippen LogP contribution is 2.31. The zero-order chi connectivity index (χ0) is 11.8. The van der Waals surface area contributed by atoms with Gasteiger partial charge in [-0.15, -0.1) is 0 Å². The highest BCUT2D eigenvalue weighted by molar-refractivity contribution is 6.35. The van der Waals surface area contributed by atoms with Gasteiger partial charge >= 0.3 is 0 Å². The van der Waals surface area contributed by atoms with E-state index in [4.69, 9.17) is 23.2 Å². The molecule has 92 valence electrons. The Balaban J connectivity index is 1.72. The first-order valence-electron chi connectivity index (χ1n) is 6.10. The summed E-state index contributed by atoms with van der Waals surface area (Å²) in [6, 6.07) is 5.74. The van der Waals surface area contributed by atoms with E-state index in [1.807, 2.05) is 18.2 Å². The van der Waals surface area contributed by atoms with E-state index in [-0.39, 0.29) is 0 Å². The van der Waals surface area contributed by atoms with Crippen LogP contribution < -0.4 is 5.32 Å². The molecule has 3 rings (SSSR count). The van der Waals surface area contributed by atoms with Crippen molar-refractivity contribution < 1.29 is 0 Å². The van der Waals surface area contributed by atoms with Gasteiger partial charge in [-0.25, -0.2) is 0 Å². The molecular formula is C13H16Cl2N2. The molecule has 0 aromatic heterocycles. The predicted octanol–water partition coefficient (Wildman–Crippen LogP) is 2.64. The zero-order valence-electron chi connectivity index (χ0n) is 9.63. The summed E-state index contributed by atoms with van der Waals surface area (Å²) in [4.78, 5) is 2.48. The smallest absolute Gasteiger partial charge is 0.0465 e. The van der Waals surface area contributed by atoms with E-state index in [2.05, 4.69) is 10.2 Å². The maximum atomic E-state index is 6.21. The highest BCUT2D eigenvalue weighted by atomic mass is 35.5. The Labute approximate surface area is 112 Å². The average molecular weight is 271 g/mol. The van der Waals surface area contributed by atoms with E-state index < -0.39 is 0 Å². The lowest BCUT2D eigenvalue weighted by Crippen LogP contribution is -2.25. The molecule has 2 heterocycles. The molecule has 1 aromatic carbocycles. The predicted molar refractivity (Wildman–Crippen MR) is 71.6 cm³/mol. The van der Waals surface area contributed by atoms with E-state index in [1.54, 1.807) is 0 Å². The first-order chi connectivity index (χ1) is 8.24. The number of hydrogen-bond donors (Lipinski definition) is 1. The minimum atomic E-state index is 0.785. The Morgan fingerprint density at radius 1 is 1.12 bits per heavy atom. The molecule has 0 spiro atoms. The van der Waals surface area contributed by atoms with Gasteiger partial charge in [-0.3, -0.25) is 4.90 Å². The highest BCUT2D eigenvalue weighted by Gasteiger charge is 2.36. The number of fused-ring (bicyclic) bond motifs is 1. The number of nitrogens with zero attached hydrogens (tertiary/aromatic N) is 1. The second-order valence-corrected chi connectivity index (χ2v) is 5.89. The third-order valence-corrected chi connectivity index (χ3v) is 4.62. The SMILES string of the molecule is Clc1cccc(Cl)c1CN1C[C@H]2CNC[C@H]2C1. The standard InChI is InChI=1S/C13H16Cl2N2/c14-12-2-1-3-13(15)11(12)8-17-6-9-4-16-5-10(9)7-17/h1-3,9-10,16H,4-8H2/t9-,10+. The minimum absolute atomic E-state index is 0.785. The topological polar surface area (TPSA) is 15.3 Å². The molecule has 1 N–H and O–H groups in total. The van der Waals surface area contributed by atoms with Crippen LogP contribution in [-0.2, 0) is 6.54 Å². The molecule has 2 fully saturated rings. The molecule has 2 nitrogen and oxygen atoms in total. The van der Waals surface area contributed by atoms with Gasteiger partial charge in [0, 0.05) is 35.2 Å². The summed E-state index contributed by atoms with van der Waals surface area (Å²) in [5, 5.41) is 5.02. The molecule has 0 unspecified atom stereocenters. The molecule has 2 aliphatic rings. The lowest BCUT2D eigenvalue weighted by Gasteiger charge is -2.18. The van der Waals surface area contributed by atoms with Gasteiger partial charge in [0.2, 0.25) is 0 Å². The van der Waals surface area contributed by atoms with Crippen LogP contribution in [0.2, 0.25) is 10.0 Å². The molecule has 0 bridgehead atoms. The molecule has 0 amide bonds. The summed E-state index contributed by atoms with van der Waals surface area (Å²) < 4.78 is 0. The monoisotopic (exact) mass is 270 g/mol. The molecular weight excluding hydrogens is 255 g/mol. The lowest BCUT2D eigenvalue weighted by atomic mass is 10.0. The Kier molecular flexibility index (Phi) is 3.31. The van der Waals surface area contributed by atoms with Gasteiger partial charge in [0.05, 0.1) is 0 Å². The number of halogens is 2. The lowest BCUT2D eigenvalue weighted by molar-refractivity contribution is 0.306. The Hall–Kier alpha value is -0.280. The molecule has 2 saturated heterocycles. The molecule has 4 heteroatoms. The molecule has 0 radical (unpaired) electrons. The van der Waals surface area contributed by atoms with E-state index in [1.165, 1.54) is 13.1 Å². The van der Waals surface area contributed by atoms with Crippen LogP contribution in [0.5, 0.6) is 0 Å². The van der Waals surface area contributed by atoms with Crippen molar-refractivity contribution in [1.82, 2.24) is 10.2 Å². The third-order valence-electron chi connectivity index (χ3n) is 3.91. The molecule has 0 aliphatic carbocycles. The number of likely N-dealkylation sites (tertiary alicyclic amines) is 1. The van der Waals surface area contributed by atoms with Gasteiger partial charge in [0.1, 0.15) is 0 Å². The fourth-order valence-electron chi connectivity index (χ4n) is 2.99. The van der Waals surface area contributed by atoms with E-state index in [9.17, 15) is 0 Å². The number of benzene rings is 1. The van der Waals surface area contributed by atoms with E-state index in [0.717, 1.165) is 47.1 Å². The molecule has 1 aromatic rings. The van der Waals surface area contributed by atoms with Crippen LogP contribution >= 0.6 is 23.2 Å². The third kappa shape index (κ3) is 2.32. The Bertz CT molecular complexity index is 390. The van der Waals surface area contributed by atoms with Crippen LogP contribution in [0.4, 0.5) is 0 Å². The van der Waals surface area contributed by atoms with Crippen molar-refractivity contribution in [2.24, 2.45) is 11.8 Å². The summed E-state index contributed by atoms with van der Waals surface area (Å²) in [7, 11) is 0. The van der Waals surface area contributed by atoms with E-state index >= 15 is 0 Å². The summed E-state index contributed by atoms with van der Waals surface area (Å²) >= 11 is 12.4. The fourth-order valence-corrected chi connectivity index (χ4v) is 3.51. The van der Waals surface area contributed by atoms with Crippen molar-refractivity contribution in [1.29, 1.82) is 0 Å². The van der Waals surface area contributed by atoms with Crippen LogP contribution in [0.15, 0.2) is 18.2 Å². The van der Waals surface area contributed by atoms with Gasteiger partial charge in [0.25, 0.3) is 0 Å². The van der Waals surface area contributed by atoms with Crippen molar-refractivity contribution in [2.45, 2.75) is 6.54 Å². The maximum Gasteiger partial charge on any atom is 0.0465 e.